The van der Waals surface area contributed by atoms with Crippen LogP contribution in [0.2, 0.25) is 5.02 Å². The highest BCUT2D eigenvalue weighted by molar-refractivity contribution is 6.31. The molecule has 0 saturated heterocycles. The van der Waals surface area contributed by atoms with E-state index in [9.17, 15) is 9.59 Å². The number of carbonyl (C=O) groups excluding carboxylic acids is 2. The van der Waals surface area contributed by atoms with Crippen LogP contribution in [0, 0.1) is 0 Å². The summed E-state index contributed by atoms with van der Waals surface area (Å²) in [6.45, 7) is 0. The van der Waals surface area contributed by atoms with Crippen LogP contribution in [0.1, 0.15) is 26.3 Å². The highest BCUT2D eigenvalue weighted by Crippen LogP contribution is 2.39. The van der Waals surface area contributed by atoms with E-state index < -0.39 is 6.04 Å². The van der Waals surface area contributed by atoms with E-state index in [1.165, 1.54) is 4.90 Å². The van der Waals surface area contributed by atoms with Crippen molar-refractivity contribution in [3.05, 3.63) is 101 Å². The van der Waals surface area contributed by atoms with Crippen molar-refractivity contribution in [2.75, 3.05) is 10.2 Å². The first-order valence-electron chi connectivity index (χ1n) is 10.2. The third kappa shape index (κ3) is 2.82. The van der Waals surface area contributed by atoms with Gasteiger partial charge in [0.2, 0.25) is 0 Å². The maximum atomic E-state index is 13.7. The number of pyridine rings is 1. The third-order valence-electron chi connectivity index (χ3n) is 5.88. The second-order valence-corrected chi connectivity index (χ2v) is 8.25. The van der Waals surface area contributed by atoms with Gasteiger partial charge in [-0.3, -0.25) is 19.5 Å². The molecule has 1 unspecified atom stereocenters. The number of aromatic nitrogens is 1. The first-order valence-corrected chi connectivity index (χ1v) is 10.6. The van der Waals surface area contributed by atoms with E-state index in [4.69, 9.17) is 11.6 Å². The van der Waals surface area contributed by atoms with Gasteiger partial charge < -0.3 is 5.32 Å². The van der Waals surface area contributed by atoms with Gasteiger partial charge in [-0.2, -0.15) is 0 Å². The van der Waals surface area contributed by atoms with E-state index >= 15 is 0 Å². The normalized spacial score (nSPS) is 16.5. The Morgan fingerprint density at radius 1 is 0.938 bits per heavy atom. The van der Waals surface area contributed by atoms with E-state index in [0.29, 0.717) is 27.5 Å². The average Bonchev–Trinajstić information content (AvgIpc) is 2.80. The number of carbonyl (C=O) groups is 2. The summed E-state index contributed by atoms with van der Waals surface area (Å²) in [6, 6.07) is 19.8. The van der Waals surface area contributed by atoms with Gasteiger partial charge in [0.05, 0.1) is 28.7 Å². The Bertz CT molecular complexity index is 1480. The number of anilines is 3. The third-order valence-corrected chi connectivity index (χ3v) is 6.11. The molecule has 5 nitrogen and oxygen atoms in total. The Labute approximate surface area is 189 Å². The minimum absolute atomic E-state index is 0.0997. The van der Waals surface area contributed by atoms with Crippen LogP contribution in [-0.4, -0.2) is 22.7 Å². The fourth-order valence-corrected chi connectivity index (χ4v) is 4.61. The molecule has 6 heteroatoms. The molecule has 1 aromatic heterocycles. The molecule has 0 radical (unpaired) electrons. The number of ketones is 1. The number of Topliss-reactive ketones (excluding diaryl/α,β-unsaturated/α-hetero) is 1. The van der Waals surface area contributed by atoms with Gasteiger partial charge in [-0.15, -0.1) is 0 Å². The Morgan fingerprint density at radius 3 is 2.69 bits per heavy atom. The molecule has 4 aromatic rings. The Morgan fingerprint density at radius 2 is 1.81 bits per heavy atom. The van der Waals surface area contributed by atoms with Crippen molar-refractivity contribution in [1.82, 2.24) is 4.98 Å². The first-order chi connectivity index (χ1) is 15.6. The van der Waals surface area contributed by atoms with Gasteiger partial charge in [0.1, 0.15) is 6.04 Å². The number of hydrogen-bond donors (Lipinski definition) is 1. The SMILES string of the molecule is O=C1c2c3ccc(Nc4cnc5ccccc5c4)c2C(=O)N(c2cccc(Cl)c2)C1C=C3. The quantitative estimate of drug-likeness (QED) is 0.435. The molecular weight excluding hydrogens is 422 g/mol. The van der Waals surface area contributed by atoms with Gasteiger partial charge in [0.25, 0.3) is 5.91 Å². The van der Waals surface area contributed by atoms with Crippen LogP contribution in [0.3, 0.4) is 0 Å². The molecule has 3 aromatic carbocycles. The van der Waals surface area contributed by atoms with E-state index in [2.05, 4.69) is 10.3 Å². The molecule has 2 bridgehead atoms. The van der Waals surface area contributed by atoms with Crippen molar-refractivity contribution in [3.8, 4) is 0 Å². The summed E-state index contributed by atoms with van der Waals surface area (Å²) in [5, 5.41) is 4.80. The number of hydrogen-bond acceptors (Lipinski definition) is 4. The maximum Gasteiger partial charge on any atom is 0.262 e. The molecule has 0 saturated carbocycles. The number of nitrogens with zero attached hydrogens (tertiary/aromatic N) is 2. The summed E-state index contributed by atoms with van der Waals surface area (Å²) in [7, 11) is 0. The fourth-order valence-electron chi connectivity index (χ4n) is 4.43. The highest BCUT2D eigenvalue weighted by Gasteiger charge is 2.42. The molecule has 0 spiro atoms. The zero-order valence-corrected chi connectivity index (χ0v) is 17.5. The standard InChI is InChI=1S/C26H16ClN3O2/c27-17-5-3-6-19(13-17)30-22-11-9-15-8-10-21(24(26(30)32)23(15)25(22)31)29-18-12-16-4-1-2-7-20(16)28-14-18/h1-14,22,29H. The lowest BCUT2D eigenvalue weighted by Crippen LogP contribution is -2.50. The molecule has 32 heavy (non-hydrogen) atoms. The molecule has 1 N–H and O–H groups in total. The molecular formula is C26H16ClN3O2. The van der Waals surface area contributed by atoms with Crippen LogP contribution in [0.4, 0.5) is 17.1 Å². The molecule has 1 atom stereocenters. The lowest BCUT2D eigenvalue weighted by molar-refractivity contribution is 0.0886. The lowest BCUT2D eigenvalue weighted by atomic mass is 9.83. The number of benzene rings is 3. The smallest absolute Gasteiger partial charge is 0.262 e. The van der Waals surface area contributed by atoms with Crippen molar-refractivity contribution in [1.29, 1.82) is 0 Å². The summed E-state index contributed by atoms with van der Waals surface area (Å²) >= 11 is 6.18. The van der Waals surface area contributed by atoms with Crippen molar-refractivity contribution < 1.29 is 9.59 Å². The van der Waals surface area contributed by atoms with Crippen LogP contribution in [-0.2, 0) is 0 Å². The number of rotatable bonds is 3. The van der Waals surface area contributed by atoms with Gasteiger partial charge in [-0.05, 0) is 42.0 Å². The van der Waals surface area contributed by atoms with Crippen LogP contribution in [0.25, 0.3) is 17.0 Å². The Kier molecular flexibility index (Phi) is 4.13. The van der Waals surface area contributed by atoms with Crippen molar-refractivity contribution >= 4 is 57.3 Å². The predicted octanol–water partition coefficient (Wildman–Crippen LogP) is 5.87. The lowest BCUT2D eigenvalue weighted by Gasteiger charge is -2.37. The Hall–Kier alpha value is -3.96. The molecule has 1 amide bonds. The van der Waals surface area contributed by atoms with E-state index in [-0.39, 0.29) is 11.7 Å². The minimum Gasteiger partial charge on any atom is -0.354 e. The Balaban J connectivity index is 1.49. The minimum atomic E-state index is -0.682. The van der Waals surface area contributed by atoms with E-state index in [1.807, 2.05) is 48.5 Å². The van der Waals surface area contributed by atoms with Crippen molar-refractivity contribution in [3.63, 3.8) is 0 Å². The predicted molar refractivity (Wildman–Crippen MR) is 127 cm³/mol. The zero-order chi connectivity index (χ0) is 21.8. The van der Waals surface area contributed by atoms with Crippen LogP contribution in [0.15, 0.2) is 79.0 Å². The molecule has 154 valence electrons. The maximum absolute atomic E-state index is 13.7. The van der Waals surface area contributed by atoms with Crippen molar-refractivity contribution in [2.45, 2.75) is 6.04 Å². The molecule has 6 rings (SSSR count). The number of amides is 1. The fraction of sp³-hybridized carbons (Fsp3) is 0.0385. The largest absolute Gasteiger partial charge is 0.354 e. The van der Waals surface area contributed by atoms with Crippen molar-refractivity contribution in [2.24, 2.45) is 0 Å². The van der Waals surface area contributed by atoms with Crippen LogP contribution < -0.4 is 10.2 Å². The van der Waals surface area contributed by atoms with Gasteiger partial charge in [0.15, 0.2) is 5.78 Å². The number of nitrogens with one attached hydrogen (secondary N) is 1. The van der Waals surface area contributed by atoms with Crippen LogP contribution >= 0.6 is 11.6 Å². The average molecular weight is 438 g/mol. The van der Waals surface area contributed by atoms with Gasteiger partial charge in [0, 0.05) is 21.7 Å². The highest BCUT2D eigenvalue weighted by atomic mass is 35.5. The number of halogens is 1. The number of fused-ring (bicyclic) bond motifs is 2. The summed E-state index contributed by atoms with van der Waals surface area (Å²) in [6.07, 6.45) is 5.39. The van der Waals surface area contributed by atoms with Gasteiger partial charge in [-0.1, -0.05) is 54.1 Å². The summed E-state index contributed by atoms with van der Waals surface area (Å²) in [4.78, 5) is 33.1. The van der Waals surface area contributed by atoms with E-state index in [0.717, 1.165) is 22.2 Å². The summed E-state index contributed by atoms with van der Waals surface area (Å²) in [5.41, 5.74) is 4.35. The number of para-hydroxylation sites is 1. The molecule has 1 aliphatic heterocycles. The first kappa shape index (κ1) is 18.8. The van der Waals surface area contributed by atoms with Crippen LogP contribution in [0.5, 0.6) is 0 Å². The molecule has 1 aliphatic carbocycles. The topological polar surface area (TPSA) is 62.3 Å². The molecule has 2 aliphatic rings. The second-order valence-electron chi connectivity index (χ2n) is 7.82. The second kappa shape index (κ2) is 7.04. The van der Waals surface area contributed by atoms with Gasteiger partial charge >= 0.3 is 0 Å². The van der Waals surface area contributed by atoms with Gasteiger partial charge in [-0.25, -0.2) is 0 Å². The zero-order valence-electron chi connectivity index (χ0n) is 16.7. The molecule has 0 fully saturated rings. The molecule has 2 heterocycles. The summed E-state index contributed by atoms with van der Waals surface area (Å²) in [5.74, 6) is -0.341. The summed E-state index contributed by atoms with van der Waals surface area (Å²) < 4.78 is 0. The van der Waals surface area contributed by atoms with E-state index in [1.54, 1.807) is 36.5 Å². The monoisotopic (exact) mass is 437 g/mol.